The highest BCUT2D eigenvalue weighted by atomic mass is 35.5. The number of ether oxygens (including phenoxy) is 2. The molecule has 0 atom stereocenters. The summed E-state index contributed by atoms with van der Waals surface area (Å²) in [6.07, 6.45) is 1.37. The number of benzene rings is 3. The molecular formula is C26H19Cl3N2O5. The Kier molecular flexibility index (Phi) is 7.84. The zero-order chi connectivity index (χ0) is 25.8. The topological polar surface area (TPSA) is 84.9 Å². The Hall–Kier alpha value is -3.52. The fourth-order valence-corrected chi connectivity index (χ4v) is 3.94. The maximum atomic E-state index is 13.1. The minimum atomic E-state index is -0.890. The summed E-state index contributed by atoms with van der Waals surface area (Å²) in [5, 5.41) is 3.17. The van der Waals surface area contributed by atoms with E-state index in [4.69, 9.17) is 44.3 Å². The lowest BCUT2D eigenvalue weighted by atomic mass is 10.1. The minimum absolute atomic E-state index is 0.158. The molecule has 184 valence electrons. The molecule has 0 spiro atoms. The number of nitrogens with one attached hydrogen (secondary N) is 1. The maximum absolute atomic E-state index is 13.1. The molecule has 3 aromatic carbocycles. The van der Waals surface area contributed by atoms with Gasteiger partial charge in [0.05, 0.1) is 22.3 Å². The van der Waals surface area contributed by atoms with Gasteiger partial charge in [-0.2, -0.15) is 0 Å². The third-order valence-electron chi connectivity index (χ3n) is 5.18. The maximum Gasteiger partial charge on any atom is 0.335 e. The highest BCUT2D eigenvalue weighted by Crippen LogP contribution is 2.32. The molecule has 0 unspecified atom stereocenters. The Bertz CT molecular complexity index is 1390. The molecule has 4 amide bonds. The van der Waals surface area contributed by atoms with Crippen LogP contribution in [0.2, 0.25) is 15.1 Å². The number of barbiturate groups is 1. The van der Waals surface area contributed by atoms with E-state index in [9.17, 15) is 14.4 Å². The van der Waals surface area contributed by atoms with Gasteiger partial charge in [-0.3, -0.25) is 14.9 Å². The van der Waals surface area contributed by atoms with E-state index in [2.05, 4.69) is 5.32 Å². The van der Waals surface area contributed by atoms with E-state index in [0.29, 0.717) is 28.7 Å². The molecule has 1 fully saturated rings. The van der Waals surface area contributed by atoms with E-state index in [1.165, 1.54) is 24.3 Å². The van der Waals surface area contributed by atoms with Gasteiger partial charge < -0.3 is 9.47 Å². The van der Waals surface area contributed by atoms with E-state index in [0.717, 1.165) is 10.5 Å². The first kappa shape index (κ1) is 25.6. The van der Waals surface area contributed by atoms with Gasteiger partial charge in [0.2, 0.25) is 0 Å². The molecule has 1 aliphatic heterocycles. The van der Waals surface area contributed by atoms with Gasteiger partial charge in [0.1, 0.15) is 12.2 Å². The summed E-state index contributed by atoms with van der Waals surface area (Å²) in [7, 11) is 0. The number of urea groups is 1. The summed E-state index contributed by atoms with van der Waals surface area (Å²) >= 11 is 18.2. The van der Waals surface area contributed by atoms with Crippen molar-refractivity contribution < 1.29 is 23.9 Å². The van der Waals surface area contributed by atoms with Gasteiger partial charge in [-0.25, -0.2) is 9.69 Å². The zero-order valence-corrected chi connectivity index (χ0v) is 21.2. The van der Waals surface area contributed by atoms with Crippen LogP contribution in [-0.2, 0) is 16.2 Å². The number of rotatable bonds is 7. The Labute approximate surface area is 222 Å². The molecule has 3 aromatic rings. The quantitative estimate of drug-likeness (QED) is 0.279. The first-order chi connectivity index (χ1) is 17.3. The van der Waals surface area contributed by atoms with E-state index in [1.54, 1.807) is 24.3 Å². The fraction of sp³-hybridized carbons (Fsp3) is 0.115. The summed E-state index contributed by atoms with van der Waals surface area (Å²) in [4.78, 5) is 38.9. The van der Waals surface area contributed by atoms with Crippen molar-refractivity contribution in [3.05, 3.63) is 92.4 Å². The molecular weight excluding hydrogens is 527 g/mol. The second kappa shape index (κ2) is 11.0. The first-order valence-electron chi connectivity index (χ1n) is 10.8. The predicted molar refractivity (Wildman–Crippen MR) is 139 cm³/mol. The largest absolute Gasteiger partial charge is 0.490 e. The van der Waals surface area contributed by atoms with E-state index >= 15 is 0 Å². The van der Waals surface area contributed by atoms with Crippen LogP contribution in [0.4, 0.5) is 10.5 Å². The number of imide groups is 2. The van der Waals surface area contributed by atoms with Crippen LogP contribution in [0.1, 0.15) is 18.1 Å². The SMILES string of the molecule is CCOc1cc(/C=C2\C(=O)NC(=O)N(c3ccc(Cl)c(Cl)c3)C2=O)ccc1OCc1ccccc1Cl. The molecule has 1 heterocycles. The Morgan fingerprint density at radius 1 is 0.861 bits per heavy atom. The van der Waals surface area contributed by atoms with Crippen LogP contribution in [0.15, 0.2) is 66.2 Å². The molecule has 0 aromatic heterocycles. The molecule has 0 saturated carbocycles. The number of amides is 4. The predicted octanol–water partition coefficient (Wildman–Crippen LogP) is 6.29. The summed E-state index contributed by atoms with van der Waals surface area (Å²) in [6.45, 7) is 2.41. The van der Waals surface area contributed by atoms with E-state index in [1.807, 2.05) is 25.1 Å². The lowest BCUT2D eigenvalue weighted by molar-refractivity contribution is -0.122. The van der Waals surface area contributed by atoms with Crippen LogP contribution in [0, 0.1) is 0 Å². The van der Waals surface area contributed by atoms with Crippen LogP contribution in [0.25, 0.3) is 6.08 Å². The highest BCUT2D eigenvalue weighted by Gasteiger charge is 2.37. The van der Waals surface area contributed by atoms with Gasteiger partial charge in [0, 0.05) is 10.6 Å². The van der Waals surface area contributed by atoms with Gasteiger partial charge in [-0.1, -0.05) is 59.1 Å². The number of anilines is 1. The monoisotopic (exact) mass is 544 g/mol. The normalized spacial score (nSPS) is 14.7. The van der Waals surface area contributed by atoms with Crippen LogP contribution in [0.3, 0.4) is 0 Å². The molecule has 10 heteroatoms. The van der Waals surface area contributed by atoms with Gasteiger partial charge in [0.25, 0.3) is 11.8 Å². The molecule has 7 nitrogen and oxygen atoms in total. The smallest absolute Gasteiger partial charge is 0.335 e. The van der Waals surface area contributed by atoms with Crippen molar-refractivity contribution in [3.63, 3.8) is 0 Å². The minimum Gasteiger partial charge on any atom is -0.490 e. The number of halogens is 3. The average molecular weight is 546 g/mol. The van der Waals surface area contributed by atoms with Gasteiger partial charge in [0.15, 0.2) is 11.5 Å². The summed E-state index contributed by atoms with van der Waals surface area (Å²) in [6, 6.07) is 15.7. The Morgan fingerprint density at radius 3 is 2.36 bits per heavy atom. The van der Waals surface area contributed by atoms with Crippen molar-refractivity contribution in [1.82, 2.24) is 5.32 Å². The van der Waals surface area contributed by atoms with Crippen molar-refractivity contribution in [1.29, 1.82) is 0 Å². The summed E-state index contributed by atoms with van der Waals surface area (Å²) < 4.78 is 11.6. The number of hydrogen-bond acceptors (Lipinski definition) is 5. The van der Waals surface area contributed by atoms with Crippen molar-refractivity contribution in [3.8, 4) is 11.5 Å². The zero-order valence-electron chi connectivity index (χ0n) is 18.9. The van der Waals surface area contributed by atoms with Gasteiger partial charge >= 0.3 is 6.03 Å². The molecule has 1 aliphatic rings. The fourth-order valence-electron chi connectivity index (χ4n) is 3.46. The second-order valence-electron chi connectivity index (χ2n) is 7.58. The van der Waals surface area contributed by atoms with Crippen molar-refractivity contribution in [2.45, 2.75) is 13.5 Å². The van der Waals surface area contributed by atoms with Crippen LogP contribution in [-0.4, -0.2) is 24.5 Å². The summed E-state index contributed by atoms with van der Waals surface area (Å²) in [5.74, 6) is -0.747. The molecule has 0 aliphatic carbocycles. The van der Waals surface area contributed by atoms with Crippen LogP contribution in [0.5, 0.6) is 11.5 Å². The van der Waals surface area contributed by atoms with Crippen molar-refractivity contribution in [2.75, 3.05) is 11.5 Å². The third kappa shape index (κ3) is 5.49. The number of hydrogen-bond donors (Lipinski definition) is 1. The Balaban J connectivity index is 1.63. The molecule has 36 heavy (non-hydrogen) atoms. The Morgan fingerprint density at radius 2 is 1.64 bits per heavy atom. The number of nitrogens with zero attached hydrogens (tertiary/aromatic N) is 1. The highest BCUT2D eigenvalue weighted by molar-refractivity contribution is 6.43. The number of carbonyl (C=O) groups is 3. The van der Waals surface area contributed by atoms with Crippen molar-refractivity contribution in [2.24, 2.45) is 0 Å². The lowest BCUT2D eigenvalue weighted by Crippen LogP contribution is -2.54. The molecule has 4 rings (SSSR count). The van der Waals surface area contributed by atoms with Crippen molar-refractivity contribution >= 4 is 64.4 Å². The summed E-state index contributed by atoms with van der Waals surface area (Å²) in [5.41, 5.74) is 1.23. The molecule has 0 bridgehead atoms. The molecule has 1 saturated heterocycles. The van der Waals surface area contributed by atoms with E-state index < -0.39 is 17.8 Å². The van der Waals surface area contributed by atoms with Crippen LogP contribution < -0.4 is 19.7 Å². The average Bonchev–Trinajstić information content (AvgIpc) is 2.84. The standard InChI is InChI=1S/C26H19Cl3N2O5/c1-2-35-23-12-15(7-10-22(23)36-14-16-5-3-4-6-19(16)27)11-18-24(32)30-26(34)31(25(18)33)17-8-9-20(28)21(29)13-17/h3-13H,2,14H2,1H3,(H,30,32,34)/b18-11+. The van der Waals surface area contributed by atoms with Crippen LogP contribution >= 0.6 is 34.8 Å². The molecule has 0 radical (unpaired) electrons. The van der Waals surface area contributed by atoms with E-state index in [-0.39, 0.29) is 27.9 Å². The first-order valence-corrected chi connectivity index (χ1v) is 11.9. The second-order valence-corrected chi connectivity index (χ2v) is 8.80. The lowest BCUT2D eigenvalue weighted by Gasteiger charge is -2.26. The third-order valence-corrected chi connectivity index (χ3v) is 6.29. The number of carbonyl (C=O) groups excluding carboxylic acids is 3. The van der Waals surface area contributed by atoms with Gasteiger partial charge in [-0.05, 0) is 55.0 Å². The molecule has 1 N–H and O–H groups in total. The van der Waals surface area contributed by atoms with Gasteiger partial charge in [-0.15, -0.1) is 0 Å².